The van der Waals surface area contributed by atoms with Crippen LogP contribution < -0.4 is 0 Å². The molecular formula is C7H13BrN2O2. The Kier molecular flexibility index (Phi) is 4.89. The van der Waals surface area contributed by atoms with Gasteiger partial charge in [0.25, 0.3) is 0 Å². The monoisotopic (exact) mass is 236 g/mol. The van der Waals surface area contributed by atoms with Crippen molar-refractivity contribution >= 4 is 27.7 Å². The van der Waals surface area contributed by atoms with Crippen LogP contribution in [0.25, 0.3) is 0 Å². The zero-order chi connectivity index (χ0) is 9.72. The first-order valence-electron chi connectivity index (χ1n) is 3.49. The molecule has 2 amide bonds. The molecular weight excluding hydrogens is 224 g/mol. The number of carbonyl (C=O) groups excluding carboxylic acids is 2. The van der Waals surface area contributed by atoms with Crippen molar-refractivity contribution in [2.75, 3.05) is 33.0 Å². The molecule has 0 radical (unpaired) electrons. The number of hydrogen-bond acceptors (Lipinski definition) is 2. The molecule has 0 saturated heterocycles. The van der Waals surface area contributed by atoms with Gasteiger partial charge in [-0.3, -0.25) is 9.59 Å². The van der Waals surface area contributed by atoms with Gasteiger partial charge in [0.1, 0.15) is 0 Å². The van der Waals surface area contributed by atoms with E-state index in [0.29, 0.717) is 0 Å². The van der Waals surface area contributed by atoms with Gasteiger partial charge in [0.15, 0.2) is 0 Å². The minimum Gasteiger partial charge on any atom is -0.347 e. The maximum atomic E-state index is 11.1. The molecule has 0 aliphatic carbocycles. The van der Waals surface area contributed by atoms with E-state index >= 15 is 0 Å². The molecule has 0 aromatic heterocycles. The first-order chi connectivity index (χ1) is 5.49. The summed E-state index contributed by atoms with van der Waals surface area (Å²) < 4.78 is 0. The summed E-state index contributed by atoms with van der Waals surface area (Å²) in [4.78, 5) is 24.9. The van der Waals surface area contributed by atoms with Gasteiger partial charge >= 0.3 is 0 Å². The molecule has 0 aliphatic rings. The van der Waals surface area contributed by atoms with Crippen molar-refractivity contribution in [3.8, 4) is 0 Å². The largest absolute Gasteiger partial charge is 0.347 e. The second kappa shape index (κ2) is 5.13. The minimum absolute atomic E-state index is 0.0770. The van der Waals surface area contributed by atoms with Gasteiger partial charge in [-0.2, -0.15) is 0 Å². The SMILES string of the molecule is CN(C)C(=O)CN(C)C(=O)CBr. The topological polar surface area (TPSA) is 40.6 Å². The first kappa shape index (κ1) is 11.4. The summed E-state index contributed by atoms with van der Waals surface area (Å²) in [5.74, 6) is -0.169. The van der Waals surface area contributed by atoms with Crippen molar-refractivity contribution in [3.05, 3.63) is 0 Å². The molecule has 12 heavy (non-hydrogen) atoms. The fraction of sp³-hybridized carbons (Fsp3) is 0.714. The number of amides is 2. The van der Waals surface area contributed by atoms with Crippen LogP contribution in [0.1, 0.15) is 0 Å². The molecule has 0 unspecified atom stereocenters. The van der Waals surface area contributed by atoms with Crippen molar-refractivity contribution in [3.63, 3.8) is 0 Å². The molecule has 0 rings (SSSR count). The van der Waals surface area contributed by atoms with Crippen molar-refractivity contribution in [1.29, 1.82) is 0 Å². The van der Waals surface area contributed by atoms with E-state index in [0.717, 1.165) is 0 Å². The second-order valence-corrected chi connectivity index (χ2v) is 3.23. The average molecular weight is 237 g/mol. The highest BCUT2D eigenvalue weighted by Gasteiger charge is 2.12. The van der Waals surface area contributed by atoms with Crippen LogP contribution in [0.4, 0.5) is 0 Å². The van der Waals surface area contributed by atoms with Crippen molar-refractivity contribution in [2.45, 2.75) is 0 Å². The lowest BCUT2D eigenvalue weighted by atomic mass is 10.5. The van der Waals surface area contributed by atoms with E-state index in [9.17, 15) is 9.59 Å². The number of hydrogen-bond donors (Lipinski definition) is 0. The van der Waals surface area contributed by atoms with Crippen LogP contribution in [0.3, 0.4) is 0 Å². The van der Waals surface area contributed by atoms with Gasteiger partial charge in [-0.05, 0) is 0 Å². The van der Waals surface area contributed by atoms with Gasteiger partial charge < -0.3 is 9.80 Å². The Hall–Kier alpha value is -0.580. The molecule has 0 N–H and O–H groups in total. The van der Waals surface area contributed by atoms with Crippen LogP contribution in [0.15, 0.2) is 0 Å². The van der Waals surface area contributed by atoms with Crippen LogP contribution in [-0.4, -0.2) is 54.6 Å². The molecule has 0 spiro atoms. The number of rotatable bonds is 3. The van der Waals surface area contributed by atoms with E-state index in [4.69, 9.17) is 0 Å². The van der Waals surface area contributed by atoms with Gasteiger partial charge in [-0.15, -0.1) is 0 Å². The molecule has 0 aliphatic heterocycles. The van der Waals surface area contributed by atoms with E-state index in [1.807, 2.05) is 0 Å². The molecule has 0 aromatic rings. The highest BCUT2D eigenvalue weighted by molar-refractivity contribution is 9.09. The third kappa shape index (κ3) is 3.71. The summed E-state index contributed by atoms with van der Waals surface area (Å²) in [7, 11) is 4.93. The predicted octanol–water partition coefficient (Wildman–Crippen LogP) is -0.0721. The summed E-state index contributed by atoms with van der Waals surface area (Å²) in [6.45, 7) is 0.136. The molecule has 70 valence electrons. The fourth-order valence-electron chi connectivity index (χ4n) is 0.535. The van der Waals surface area contributed by atoms with E-state index < -0.39 is 0 Å². The Morgan fingerprint density at radius 1 is 1.17 bits per heavy atom. The molecule has 0 fully saturated rings. The Balaban J connectivity index is 3.92. The Bertz CT molecular complexity index is 182. The van der Waals surface area contributed by atoms with Crippen LogP contribution >= 0.6 is 15.9 Å². The Labute approximate surface area is 80.6 Å². The highest BCUT2D eigenvalue weighted by Crippen LogP contribution is 1.91. The molecule has 0 saturated carbocycles. The average Bonchev–Trinajstić information content (AvgIpc) is 2.02. The normalized spacial score (nSPS) is 9.33. The maximum Gasteiger partial charge on any atom is 0.241 e. The number of halogens is 1. The van der Waals surface area contributed by atoms with Crippen LogP contribution in [0, 0.1) is 0 Å². The van der Waals surface area contributed by atoms with Crippen LogP contribution in [-0.2, 0) is 9.59 Å². The Morgan fingerprint density at radius 3 is 2.00 bits per heavy atom. The second-order valence-electron chi connectivity index (χ2n) is 2.67. The van der Waals surface area contributed by atoms with Gasteiger partial charge in [0, 0.05) is 21.1 Å². The highest BCUT2D eigenvalue weighted by atomic mass is 79.9. The van der Waals surface area contributed by atoms with Gasteiger partial charge in [-0.1, -0.05) is 15.9 Å². The fourth-order valence-corrected chi connectivity index (χ4v) is 0.963. The maximum absolute atomic E-state index is 11.1. The van der Waals surface area contributed by atoms with Crippen molar-refractivity contribution in [1.82, 2.24) is 9.80 Å². The molecule has 0 atom stereocenters. The number of carbonyl (C=O) groups is 2. The number of nitrogens with zero attached hydrogens (tertiary/aromatic N) is 2. The van der Waals surface area contributed by atoms with Crippen molar-refractivity contribution in [2.24, 2.45) is 0 Å². The van der Waals surface area contributed by atoms with Crippen molar-refractivity contribution < 1.29 is 9.59 Å². The molecule has 0 heterocycles. The van der Waals surface area contributed by atoms with Gasteiger partial charge in [0.2, 0.25) is 11.8 Å². The van der Waals surface area contributed by atoms with E-state index in [1.165, 1.54) is 9.80 Å². The van der Waals surface area contributed by atoms with Crippen LogP contribution in [0.2, 0.25) is 0 Å². The van der Waals surface area contributed by atoms with Gasteiger partial charge in [-0.25, -0.2) is 0 Å². The quantitative estimate of drug-likeness (QED) is 0.644. The lowest BCUT2D eigenvalue weighted by Crippen LogP contribution is -2.38. The zero-order valence-electron chi connectivity index (χ0n) is 7.50. The number of alkyl halides is 1. The summed E-state index contributed by atoms with van der Waals surface area (Å²) in [6, 6.07) is 0. The summed E-state index contributed by atoms with van der Waals surface area (Å²) in [5.41, 5.74) is 0. The predicted molar refractivity (Wildman–Crippen MR) is 50.1 cm³/mol. The first-order valence-corrected chi connectivity index (χ1v) is 4.61. The molecule has 4 nitrogen and oxygen atoms in total. The summed E-state index contributed by atoms with van der Waals surface area (Å²) >= 11 is 3.03. The Morgan fingerprint density at radius 2 is 1.67 bits per heavy atom. The standard InChI is InChI=1S/C7H13BrN2O2/c1-9(2)7(12)5-10(3)6(11)4-8/h4-5H2,1-3H3. The third-order valence-corrected chi connectivity index (χ3v) is 1.89. The lowest BCUT2D eigenvalue weighted by Gasteiger charge is -2.17. The third-order valence-electron chi connectivity index (χ3n) is 1.41. The smallest absolute Gasteiger partial charge is 0.241 e. The minimum atomic E-state index is -0.0924. The van der Waals surface area contributed by atoms with E-state index in [-0.39, 0.29) is 23.7 Å². The van der Waals surface area contributed by atoms with Gasteiger partial charge in [0.05, 0.1) is 11.9 Å². The van der Waals surface area contributed by atoms with Crippen LogP contribution in [0.5, 0.6) is 0 Å². The van der Waals surface area contributed by atoms with E-state index in [2.05, 4.69) is 15.9 Å². The molecule has 5 heteroatoms. The number of likely N-dealkylation sites (N-methyl/N-ethyl adjacent to an activating group) is 2. The summed E-state index contributed by atoms with van der Waals surface area (Å²) in [6.07, 6.45) is 0. The molecule has 0 aromatic carbocycles. The zero-order valence-corrected chi connectivity index (χ0v) is 9.09. The molecule has 0 bridgehead atoms. The summed E-state index contributed by atoms with van der Waals surface area (Å²) in [5, 5.41) is 0.254. The van der Waals surface area contributed by atoms with E-state index in [1.54, 1.807) is 21.1 Å². The lowest BCUT2D eigenvalue weighted by molar-refractivity contribution is -0.136.